The Morgan fingerprint density at radius 3 is 2.55 bits per heavy atom. The Bertz CT molecular complexity index is 966. The molecule has 0 unspecified atom stereocenters. The Morgan fingerprint density at radius 2 is 1.86 bits per heavy atom. The number of carbonyl (C=O) groups is 1. The van der Waals surface area contributed by atoms with Crippen LogP contribution in [0.1, 0.15) is 23.4 Å². The van der Waals surface area contributed by atoms with Crippen molar-refractivity contribution in [2.75, 3.05) is 21.3 Å². The van der Waals surface area contributed by atoms with Gasteiger partial charge in [0.25, 0.3) is 0 Å². The number of hydrogen-bond donors (Lipinski definition) is 0. The standard InChI is InChI=1S/C22H25N3O4/c1-15-5-7-16(8-6-15)9-12-21(26)25(2)14-20-23-22(24-29-20)18-11-10-17(27-3)13-19(18)28-4/h5-8,10-11,13H,9,12,14H2,1-4H3. The number of methoxy groups -OCH3 is 2. The van der Waals surface area contributed by atoms with E-state index in [4.69, 9.17) is 14.0 Å². The molecule has 152 valence electrons. The summed E-state index contributed by atoms with van der Waals surface area (Å²) in [6, 6.07) is 13.6. The number of aryl methyl sites for hydroxylation is 2. The van der Waals surface area contributed by atoms with Gasteiger partial charge in [0, 0.05) is 19.5 Å². The number of benzene rings is 2. The van der Waals surface area contributed by atoms with Crippen molar-refractivity contribution in [3.05, 3.63) is 59.5 Å². The molecular weight excluding hydrogens is 370 g/mol. The highest BCUT2D eigenvalue weighted by Crippen LogP contribution is 2.31. The van der Waals surface area contributed by atoms with E-state index in [2.05, 4.69) is 34.4 Å². The van der Waals surface area contributed by atoms with Crippen molar-refractivity contribution < 1.29 is 18.8 Å². The molecule has 0 aliphatic carbocycles. The molecule has 7 heteroatoms. The fraction of sp³-hybridized carbons (Fsp3) is 0.318. The Morgan fingerprint density at radius 1 is 1.10 bits per heavy atom. The maximum absolute atomic E-state index is 12.4. The lowest BCUT2D eigenvalue weighted by Crippen LogP contribution is -2.26. The van der Waals surface area contributed by atoms with Gasteiger partial charge in [-0.3, -0.25) is 4.79 Å². The summed E-state index contributed by atoms with van der Waals surface area (Å²) >= 11 is 0. The van der Waals surface area contributed by atoms with Crippen molar-refractivity contribution in [2.24, 2.45) is 0 Å². The first-order chi connectivity index (χ1) is 14.0. The predicted octanol–water partition coefficient (Wildman–Crippen LogP) is 3.65. The third-order valence-corrected chi connectivity index (χ3v) is 4.66. The van der Waals surface area contributed by atoms with E-state index in [-0.39, 0.29) is 12.5 Å². The molecule has 0 aliphatic heterocycles. The molecular formula is C22H25N3O4. The second kappa shape index (κ2) is 9.23. The Labute approximate surface area is 170 Å². The number of ether oxygens (including phenoxy) is 2. The molecule has 3 rings (SSSR count). The lowest BCUT2D eigenvalue weighted by molar-refractivity contribution is -0.130. The molecule has 2 aromatic carbocycles. The molecule has 0 bridgehead atoms. The van der Waals surface area contributed by atoms with Crippen LogP contribution in [-0.4, -0.2) is 42.2 Å². The summed E-state index contributed by atoms with van der Waals surface area (Å²) in [6.07, 6.45) is 1.12. The maximum Gasteiger partial charge on any atom is 0.246 e. The second-order valence-corrected chi connectivity index (χ2v) is 6.81. The van der Waals surface area contributed by atoms with Crippen molar-refractivity contribution in [3.8, 4) is 22.9 Å². The van der Waals surface area contributed by atoms with Crippen LogP contribution in [-0.2, 0) is 17.8 Å². The van der Waals surface area contributed by atoms with Gasteiger partial charge in [-0.25, -0.2) is 0 Å². The van der Waals surface area contributed by atoms with Gasteiger partial charge >= 0.3 is 0 Å². The first-order valence-corrected chi connectivity index (χ1v) is 9.34. The van der Waals surface area contributed by atoms with E-state index in [1.54, 1.807) is 38.3 Å². The van der Waals surface area contributed by atoms with Crippen molar-refractivity contribution in [1.82, 2.24) is 15.0 Å². The molecule has 0 fully saturated rings. The molecule has 0 aliphatic rings. The van der Waals surface area contributed by atoms with Crippen LogP contribution >= 0.6 is 0 Å². The number of carbonyl (C=O) groups excluding carboxylic acids is 1. The minimum atomic E-state index is 0.0207. The molecule has 3 aromatic rings. The topological polar surface area (TPSA) is 77.7 Å². The van der Waals surface area contributed by atoms with E-state index < -0.39 is 0 Å². The van der Waals surface area contributed by atoms with E-state index in [1.807, 2.05) is 13.0 Å². The third kappa shape index (κ3) is 5.13. The molecule has 29 heavy (non-hydrogen) atoms. The smallest absolute Gasteiger partial charge is 0.246 e. The van der Waals surface area contributed by atoms with E-state index in [0.29, 0.717) is 41.6 Å². The zero-order chi connectivity index (χ0) is 20.8. The molecule has 0 spiro atoms. The minimum absolute atomic E-state index is 0.0207. The zero-order valence-electron chi connectivity index (χ0n) is 17.1. The first kappa shape index (κ1) is 20.4. The van der Waals surface area contributed by atoms with Crippen LogP contribution in [0.3, 0.4) is 0 Å². The highest BCUT2D eigenvalue weighted by Gasteiger charge is 2.17. The second-order valence-electron chi connectivity index (χ2n) is 6.81. The molecule has 0 saturated carbocycles. The third-order valence-electron chi connectivity index (χ3n) is 4.66. The van der Waals surface area contributed by atoms with Gasteiger partial charge in [-0.05, 0) is 31.0 Å². The Kier molecular flexibility index (Phi) is 6.49. The van der Waals surface area contributed by atoms with Gasteiger partial charge in [-0.15, -0.1) is 0 Å². The SMILES string of the molecule is COc1ccc(-c2noc(CN(C)C(=O)CCc3ccc(C)cc3)n2)c(OC)c1. The van der Waals surface area contributed by atoms with Crippen LogP contribution in [0.15, 0.2) is 47.0 Å². The summed E-state index contributed by atoms with van der Waals surface area (Å²) in [7, 11) is 4.89. The maximum atomic E-state index is 12.4. The lowest BCUT2D eigenvalue weighted by Gasteiger charge is -2.14. The number of aromatic nitrogens is 2. The van der Waals surface area contributed by atoms with Crippen LogP contribution in [0, 0.1) is 6.92 Å². The van der Waals surface area contributed by atoms with Crippen molar-refractivity contribution >= 4 is 5.91 Å². The van der Waals surface area contributed by atoms with Gasteiger partial charge in [0.2, 0.25) is 17.6 Å². The van der Waals surface area contributed by atoms with E-state index in [1.165, 1.54) is 5.56 Å². The van der Waals surface area contributed by atoms with E-state index >= 15 is 0 Å². The van der Waals surface area contributed by atoms with Crippen LogP contribution in [0.2, 0.25) is 0 Å². The largest absolute Gasteiger partial charge is 0.497 e. The van der Waals surface area contributed by atoms with Crippen LogP contribution in [0.4, 0.5) is 0 Å². The number of hydrogen-bond acceptors (Lipinski definition) is 6. The number of nitrogens with zero attached hydrogens (tertiary/aromatic N) is 3. The average molecular weight is 395 g/mol. The van der Waals surface area contributed by atoms with Gasteiger partial charge in [-0.2, -0.15) is 4.98 Å². The van der Waals surface area contributed by atoms with Crippen molar-refractivity contribution in [2.45, 2.75) is 26.3 Å². The predicted molar refractivity (Wildman–Crippen MR) is 109 cm³/mol. The molecule has 1 heterocycles. The zero-order valence-corrected chi connectivity index (χ0v) is 17.1. The highest BCUT2D eigenvalue weighted by molar-refractivity contribution is 5.76. The summed E-state index contributed by atoms with van der Waals surface area (Å²) in [5.74, 6) is 2.05. The quantitative estimate of drug-likeness (QED) is 0.579. The van der Waals surface area contributed by atoms with Crippen LogP contribution < -0.4 is 9.47 Å². The Balaban J connectivity index is 1.62. The van der Waals surface area contributed by atoms with Gasteiger partial charge in [0.05, 0.1) is 26.3 Å². The first-order valence-electron chi connectivity index (χ1n) is 9.34. The summed E-state index contributed by atoms with van der Waals surface area (Å²) in [6.45, 7) is 2.29. The molecule has 0 N–H and O–H groups in total. The van der Waals surface area contributed by atoms with Crippen molar-refractivity contribution in [3.63, 3.8) is 0 Å². The summed E-state index contributed by atoms with van der Waals surface area (Å²) in [4.78, 5) is 18.4. The number of rotatable bonds is 8. The highest BCUT2D eigenvalue weighted by atomic mass is 16.5. The molecule has 1 aromatic heterocycles. The molecule has 0 radical (unpaired) electrons. The molecule has 7 nitrogen and oxygen atoms in total. The van der Waals surface area contributed by atoms with Gasteiger partial charge < -0.3 is 18.9 Å². The van der Waals surface area contributed by atoms with Gasteiger partial charge in [0.1, 0.15) is 11.5 Å². The lowest BCUT2D eigenvalue weighted by atomic mass is 10.1. The molecule has 1 amide bonds. The summed E-state index contributed by atoms with van der Waals surface area (Å²) in [5, 5.41) is 4.02. The number of amides is 1. The monoisotopic (exact) mass is 395 g/mol. The van der Waals surface area contributed by atoms with Crippen LogP contribution in [0.5, 0.6) is 11.5 Å². The minimum Gasteiger partial charge on any atom is -0.497 e. The molecule has 0 saturated heterocycles. The van der Waals surface area contributed by atoms with E-state index in [0.717, 1.165) is 5.56 Å². The Hall–Kier alpha value is -3.35. The van der Waals surface area contributed by atoms with E-state index in [9.17, 15) is 4.79 Å². The molecule has 0 atom stereocenters. The van der Waals surface area contributed by atoms with Gasteiger partial charge in [0.15, 0.2) is 0 Å². The normalized spacial score (nSPS) is 10.6. The van der Waals surface area contributed by atoms with Gasteiger partial charge in [-0.1, -0.05) is 35.0 Å². The fourth-order valence-electron chi connectivity index (χ4n) is 2.90. The summed E-state index contributed by atoms with van der Waals surface area (Å²) < 4.78 is 15.9. The fourth-order valence-corrected chi connectivity index (χ4v) is 2.90. The van der Waals surface area contributed by atoms with Crippen molar-refractivity contribution in [1.29, 1.82) is 0 Å². The average Bonchev–Trinajstić information content (AvgIpc) is 3.20. The summed E-state index contributed by atoms with van der Waals surface area (Å²) in [5.41, 5.74) is 3.04. The van der Waals surface area contributed by atoms with Crippen LogP contribution in [0.25, 0.3) is 11.4 Å².